The lowest BCUT2D eigenvalue weighted by molar-refractivity contribution is -0.139. The zero-order valence-electron chi connectivity index (χ0n) is 15.0. The van der Waals surface area contributed by atoms with Crippen LogP contribution >= 0.6 is 0 Å². The largest absolute Gasteiger partial charge is 0.480 e. The van der Waals surface area contributed by atoms with Crippen LogP contribution in [0.2, 0.25) is 0 Å². The molecule has 2 aliphatic heterocycles. The van der Waals surface area contributed by atoms with Crippen LogP contribution in [0, 0.1) is 0 Å². The van der Waals surface area contributed by atoms with Gasteiger partial charge in [0.15, 0.2) is 6.10 Å². The van der Waals surface area contributed by atoms with Crippen LogP contribution in [-0.4, -0.2) is 23.5 Å². The number of rotatable bonds is 2. The molecule has 2 unspecified atom stereocenters. The number of hydrogen-bond acceptors (Lipinski definition) is 2. The first-order valence-corrected chi connectivity index (χ1v) is 9.46. The molecule has 2 aliphatic rings. The van der Waals surface area contributed by atoms with Crippen molar-refractivity contribution in [3.05, 3.63) is 101 Å². The first-order valence-electron chi connectivity index (χ1n) is 9.46. The Hall–Kier alpha value is -3.07. The van der Waals surface area contributed by atoms with Gasteiger partial charge in [0.05, 0.1) is 0 Å². The average Bonchev–Trinajstić information content (AvgIpc) is 3.17. The summed E-state index contributed by atoms with van der Waals surface area (Å²) in [6, 6.07) is 26.9. The summed E-state index contributed by atoms with van der Waals surface area (Å²) in [6.45, 7) is 1.34. The van der Waals surface area contributed by atoms with Crippen molar-refractivity contribution in [3.63, 3.8) is 0 Å². The second-order valence-electron chi connectivity index (χ2n) is 7.30. The molecule has 5 rings (SSSR count). The van der Waals surface area contributed by atoms with Crippen molar-refractivity contribution < 1.29 is 9.53 Å². The molecule has 3 nitrogen and oxygen atoms in total. The van der Waals surface area contributed by atoms with E-state index >= 15 is 0 Å². The minimum atomic E-state index is -0.413. The number of benzene rings is 3. The van der Waals surface area contributed by atoms with E-state index in [0.717, 1.165) is 11.3 Å². The predicted molar refractivity (Wildman–Crippen MR) is 105 cm³/mol. The highest BCUT2D eigenvalue weighted by Gasteiger charge is 2.36. The van der Waals surface area contributed by atoms with Crippen LogP contribution in [0.15, 0.2) is 78.9 Å². The normalized spacial score (nSPS) is 20.5. The third-order valence-electron chi connectivity index (χ3n) is 5.63. The van der Waals surface area contributed by atoms with Crippen molar-refractivity contribution in [1.29, 1.82) is 0 Å². The summed E-state index contributed by atoms with van der Waals surface area (Å²) in [5, 5.41) is 0. The molecule has 0 saturated heterocycles. The molecule has 0 radical (unpaired) electrons. The molecule has 2 atom stereocenters. The Kier molecular flexibility index (Phi) is 3.93. The number of carbonyl (C=O) groups excluding carboxylic acids is 1. The Bertz CT molecular complexity index is 957. The van der Waals surface area contributed by atoms with Crippen LogP contribution in [0.5, 0.6) is 5.75 Å². The zero-order chi connectivity index (χ0) is 18.2. The minimum absolute atomic E-state index is 0.0848. The lowest BCUT2D eigenvalue weighted by Crippen LogP contribution is -2.45. The smallest absolute Gasteiger partial charge is 0.264 e. The molecule has 1 amide bonds. The van der Waals surface area contributed by atoms with Crippen molar-refractivity contribution in [2.75, 3.05) is 6.54 Å². The number of nitrogens with zero attached hydrogens (tertiary/aromatic N) is 1. The number of carbonyl (C=O) groups is 1. The van der Waals surface area contributed by atoms with Gasteiger partial charge < -0.3 is 9.64 Å². The molecule has 0 saturated carbocycles. The molecule has 134 valence electrons. The molecule has 0 aromatic heterocycles. The van der Waals surface area contributed by atoms with Crippen molar-refractivity contribution in [2.24, 2.45) is 0 Å². The Morgan fingerprint density at radius 3 is 2.37 bits per heavy atom. The number of para-hydroxylation sites is 1. The van der Waals surface area contributed by atoms with E-state index in [1.165, 1.54) is 16.7 Å². The predicted octanol–water partition coefficient (Wildman–Crippen LogP) is 4.16. The van der Waals surface area contributed by atoms with Gasteiger partial charge in [-0.2, -0.15) is 0 Å². The average molecular weight is 355 g/mol. The summed E-state index contributed by atoms with van der Waals surface area (Å²) >= 11 is 0. The Morgan fingerprint density at radius 2 is 1.56 bits per heavy atom. The highest BCUT2D eigenvalue weighted by Crippen LogP contribution is 2.35. The van der Waals surface area contributed by atoms with E-state index in [1.807, 2.05) is 35.2 Å². The molecule has 2 heterocycles. The maximum atomic E-state index is 13.3. The first kappa shape index (κ1) is 16.1. The molecule has 27 heavy (non-hydrogen) atoms. The summed E-state index contributed by atoms with van der Waals surface area (Å²) in [5.41, 5.74) is 4.91. The van der Waals surface area contributed by atoms with Crippen LogP contribution in [-0.2, 0) is 17.8 Å². The van der Waals surface area contributed by atoms with Gasteiger partial charge in [-0.15, -0.1) is 0 Å². The van der Waals surface area contributed by atoms with Gasteiger partial charge in [0, 0.05) is 25.4 Å². The van der Waals surface area contributed by atoms with Gasteiger partial charge in [-0.25, -0.2) is 0 Å². The van der Waals surface area contributed by atoms with E-state index in [4.69, 9.17) is 4.74 Å². The van der Waals surface area contributed by atoms with Crippen LogP contribution in [0.4, 0.5) is 0 Å². The van der Waals surface area contributed by atoms with E-state index < -0.39 is 6.10 Å². The number of ether oxygens (including phenoxy) is 1. The molecule has 0 aliphatic carbocycles. The van der Waals surface area contributed by atoms with Gasteiger partial charge in [0.25, 0.3) is 5.91 Å². The van der Waals surface area contributed by atoms with Gasteiger partial charge in [0.2, 0.25) is 0 Å². The lowest BCUT2D eigenvalue weighted by Gasteiger charge is -2.36. The molecule has 0 spiro atoms. The van der Waals surface area contributed by atoms with E-state index in [-0.39, 0.29) is 11.8 Å². The molecule has 3 aromatic carbocycles. The molecular formula is C24H21NO2. The van der Waals surface area contributed by atoms with E-state index in [1.54, 1.807) is 0 Å². The fourth-order valence-electron chi connectivity index (χ4n) is 4.27. The van der Waals surface area contributed by atoms with E-state index in [9.17, 15) is 4.79 Å². The van der Waals surface area contributed by atoms with Gasteiger partial charge in [-0.3, -0.25) is 4.79 Å². The maximum absolute atomic E-state index is 13.3. The Balaban J connectivity index is 1.44. The second-order valence-corrected chi connectivity index (χ2v) is 7.30. The fraction of sp³-hybridized carbons (Fsp3) is 0.208. The van der Waals surface area contributed by atoms with Gasteiger partial charge in [-0.05, 0) is 28.3 Å². The maximum Gasteiger partial charge on any atom is 0.264 e. The monoisotopic (exact) mass is 355 g/mol. The van der Waals surface area contributed by atoms with Crippen molar-refractivity contribution in [1.82, 2.24) is 4.90 Å². The van der Waals surface area contributed by atoms with E-state index in [0.29, 0.717) is 19.5 Å². The highest BCUT2D eigenvalue weighted by molar-refractivity contribution is 5.83. The topological polar surface area (TPSA) is 29.5 Å². The summed E-state index contributed by atoms with van der Waals surface area (Å²) in [6.07, 6.45) is 0.243. The quantitative estimate of drug-likeness (QED) is 0.691. The van der Waals surface area contributed by atoms with Crippen molar-refractivity contribution in [2.45, 2.75) is 25.0 Å². The summed E-state index contributed by atoms with van der Waals surface area (Å²) < 4.78 is 5.96. The number of fused-ring (bicyclic) bond motifs is 2. The molecular weight excluding hydrogens is 334 g/mol. The molecule has 0 bridgehead atoms. The molecule has 0 N–H and O–H groups in total. The van der Waals surface area contributed by atoms with Crippen molar-refractivity contribution in [3.8, 4) is 5.75 Å². The number of hydrogen-bond donors (Lipinski definition) is 0. The lowest BCUT2D eigenvalue weighted by atomic mass is 9.84. The third-order valence-corrected chi connectivity index (χ3v) is 5.63. The minimum Gasteiger partial charge on any atom is -0.480 e. The Labute approximate surface area is 159 Å². The second kappa shape index (κ2) is 6.58. The summed E-state index contributed by atoms with van der Waals surface area (Å²) in [4.78, 5) is 15.2. The Morgan fingerprint density at radius 1 is 0.852 bits per heavy atom. The zero-order valence-corrected chi connectivity index (χ0v) is 15.0. The number of amides is 1. The van der Waals surface area contributed by atoms with Gasteiger partial charge in [-0.1, -0.05) is 72.8 Å². The van der Waals surface area contributed by atoms with Gasteiger partial charge in [0.1, 0.15) is 5.75 Å². The van der Waals surface area contributed by atoms with Crippen molar-refractivity contribution >= 4 is 5.91 Å². The van der Waals surface area contributed by atoms with Crippen LogP contribution < -0.4 is 4.74 Å². The van der Waals surface area contributed by atoms with Crippen LogP contribution in [0.25, 0.3) is 0 Å². The van der Waals surface area contributed by atoms with Crippen LogP contribution in [0.1, 0.15) is 28.2 Å². The highest BCUT2D eigenvalue weighted by atomic mass is 16.5. The van der Waals surface area contributed by atoms with Gasteiger partial charge >= 0.3 is 0 Å². The third kappa shape index (κ3) is 2.89. The fourth-order valence-corrected chi connectivity index (χ4v) is 4.27. The molecule has 3 aromatic rings. The first-order chi connectivity index (χ1) is 13.3. The summed E-state index contributed by atoms with van der Waals surface area (Å²) in [7, 11) is 0. The molecule has 3 heteroatoms. The van der Waals surface area contributed by atoms with Crippen LogP contribution in [0.3, 0.4) is 0 Å². The SMILES string of the molecule is O=C(C1Cc2ccccc2O1)N1Cc2ccccc2C(c2ccccc2)C1. The standard InChI is InChI=1S/C24H21NO2/c26-24(23-14-18-10-5-7-13-22(18)27-23)25-15-19-11-4-6-12-20(19)21(16-25)17-8-2-1-3-9-17/h1-13,21,23H,14-16H2. The van der Waals surface area contributed by atoms with E-state index in [2.05, 4.69) is 48.5 Å². The molecule has 0 fully saturated rings. The summed E-state index contributed by atoms with van der Waals surface area (Å²) in [5.74, 6) is 1.12.